The Morgan fingerprint density at radius 2 is 1.55 bits per heavy atom. The lowest BCUT2D eigenvalue weighted by molar-refractivity contribution is -0.122. The van der Waals surface area contributed by atoms with Crippen molar-refractivity contribution in [3.63, 3.8) is 0 Å². The van der Waals surface area contributed by atoms with Crippen molar-refractivity contribution in [2.75, 3.05) is 16.8 Å². The van der Waals surface area contributed by atoms with E-state index in [1.807, 2.05) is 50.2 Å². The highest BCUT2D eigenvalue weighted by Crippen LogP contribution is 2.29. The van der Waals surface area contributed by atoms with Crippen molar-refractivity contribution in [1.29, 1.82) is 0 Å². The van der Waals surface area contributed by atoms with Crippen molar-refractivity contribution < 1.29 is 14.3 Å². The molecular weight excluding hydrogens is 456 g/mol. The summed E-state index contributed by atoms with van der Waals surface area (Å²) < 4.78 is 6.79. The second-order valence-corrected chi connectivity index (χ2v) is 8.74. The van der Waals surface area contributed by atoms with Gasteiger partial charge in [-0.2, -0.15) is 0 Å². The number of benzene rings is 3. The lowest BCUT2D eigenvalue weighted by Gasteiger charge is -2.18. The van der Waals surface area contributed by atoms with Crippen LogP contribution in [0.1, 0.15) is 17.5 Å². The summed E-state index contributed by atoms with van der Waals surface area (Å²) in [5.41, 5.74) is 3.72. The fourth-order valence-electron chi connectivity index (χ4n) is 3.73. The lowest BCUT2D eigenvalue weighted by atomic mass is 10.1. The fourth-order valence-corrected chi connectivity index (χ4v) is 3.99. The molecule has 0 radical (unpaired) electrons. The van der Waals surface area contributed by atoms with Gasteiger partial charge in [-0.25, -0.2) is 0 Å². The summed E-state index contributed by atoms with van der Waals surface area (Å²) in [7, 11) is 0. The Morgan fingerprint density at radius 3 is 2.16 bits per heavy atom. The van der Waals surface area contributed by atoms with Crippen molar-refractivity contribution in [1.82, 2.24) is 0 Å². The van der Waals surface area contributed by atoms with E-state index in [4.69, 9.17) is 4.74 Å². The first-order valence-electron chi connectivity index (χ1n) is 10.1. The van der Waals surface area contributed by atoms with Crippen LogP contribution >= 0.6 is 15.9 Å². The molecule has 31 heavy (non-hydrogen) atoms. The molecule has 158 valence electrons. The molecule has 1 fully saturated rings. The topological polar surface area (TPSA) is 58.6 Å². The molecule has 0 aromatic heterocycles. The van der Waals surface area contributed by atoms with E-state index in [2.05, 4.69) is 27.3 Å². The predicted octanol–water partition coefficient (Wildman–Crippen LogP) is 5.85. The average Bonchev–Trinajstić information content (AvgIpc) is 3.12. The highest BCUT2D eigenvalue weighted by atomic mass is 79.9. The molecule has 1 N–H and O–H groups in total. The van der Waals surface area contributed by atoms with Crippen LogP contribution in [0.15, 0.2) is 71.2 Å². The number of nitrogens with zero attached hydrogens (tertiary/aromatic N) is 1. The molecule has 2 amide bonds. The molecule has 1 aliphatic heterocycles. The molecule has 0 unspecified atom stereocenters. The molecule has 6 heteroatoms. The molecule has 0 saturated carbocycles. The number of carbonyl (C=O) groups is 2. The second kappa shape index (κ2) is 8.94. The third-order valence-corrected chi connectivity index (χ3v) is 5.71. The number of aryl methyl sites for hydroxylation is 2. The molecule has 1 aliphatic rings. The van der Waals surface area contributed by atoms with E-state index in [1.165, 1.54) is 0 Å². The van der Waals surface area contributed by atoms with Crippen LogP contribution in [0.4, 0.5) is 11.4 Å². The summed E-state index contributed by atoms with van der Waals surface area (Å²) in [5, 5.41) is 2.92. The van der Waals surface area contributed by atoms with Crippen molar-refractivity contribution >= 4 is 39.1 Å². The van der Waals surface area contributed by atoms with Crippen LogP contribution in [-0.4, -0.2) is 18.4 Å². The summed E-state index contributed by atoms with van der Waals surface area (Å²) in [6.07, 6.45) is 0.212. The van der Waals surface area contributed by atoms with Gasteiger partial charge in [0.15, 0.2) is 0 Å². The van der Waals surface area contributed by atoms with Gasteiger partial charge in [0.2, 0.25) is 11.8 Å². The Kier molecular flexibility index (Phi) is 6.09. The average molecular weight is 479 g/mol. The van der Waals surface area contributed by atoms with Crippen LogP contribution in [0.5, 0.6) is 11.5 Å². The minimum absolute atomic E-state index is 0.0246. The van der Waals surface area contributed by atoms with Crippen molar-refractivity contribution in [2.45, 2.75) is 20.3 Å². The lowest BCUT2D eigenvalue weighted by Crippen LogP contribution is -2.28. The number of rotatable bonds is 5. The molecule has 3 aromatic carbocycles. The Balaban J connectivity index is 1.38. The summed E-state index contributed by atoms with van der Waals surface area (Å²) in [5.74, 6) is 0.852. The second-order valence-electron chi connectivity index (χ2n) is 7.82. The molecule has 1 saturated heterocycles. The van der Waals surface area contributed by atoms with Crippen LogP contribution in [0.3, 0.4) is 0 Å². The highest BCUT2D eigenvalue weighted by Gasteiger charge is 2.35. The molecule has 5 nitrogen and oxygen atoms in total. The van der Waals surface area contributed by atoms with Crippen molar-refractivity contribution in [2.24, 2.45) is 5.92 Å². The summed E-state index contributed by atoms with van der Waals surface area (Å²) in [6, 6.07) is 20.8. The van der Waals surface area contributed by atoms with E-state index in [-0.39, 0.29) is 24.2 Å². The molecule has 0 bridgehead atoms. The normalized spacial score (nSPS) is 15.8. The Bertz CT molecular complexity index is 1090. The minimum atomic E-state index is -0.382. The standard InChI is InChI=1S/C25H23BrN2O3/c1-16-11-17(2)13-21(12-16)28-15-18(14-24(28)29)25(30)27-20-5-9-23(10-6-20)31-22-7-3-19(26)4-8-22/h3-13,18H,14-15H2,1-2H3,(H,27,30)/t18-/m1/s1. The number of nitrogens with one attached hydrogen (secondary N) is 1. The quantitative estimate of drug-likeness (QED) is 0.500. The van der Waals surface area contributed by atoms with E-state index in [0.717, 1.165) is 27.0 Å². The van der Waals surface area contributed by atoms with Crippen LogP contribution in [0, 0.1) is 19.8 Å². The van der Waals surface area contributed by atoms with Gasteiger partial charge in [0.1, 0.15) is 11.5 Å². The maximum Gasteiger partial charge on any atom is 0.229 e. The van der Waals surface area contributed by atoms with Gasteiger partial charge in [0.25, 0.3) is 0 Å². The number of anilines is 2. The van der Waals surface area contributed by atoms with Gasteiger partial charge in [-0.15, -0.1) is 0 Å². The number of ether oxygens (including phenoxy) is 1. The van der Waals surface area contributed by atoms with Gasteiger partial charge < -0.3 is 15.0 Å². The van der Waals surface area contributed by atoms with Crippen LogP contribution in [-0.2, 0) is 9.59 Å². The summed E-state index contributed by atoms with van der Waals surface area (Å²) in [4.78, 5) is 27.0. The monoisotopic (exact) mass is 478 g/mol. The van der Waals surface area contributed by atoms with E-state index >= 15 is 0 Å². The Hall–Kier alpha value is -3.12. The Morgan fingerprint density at radius 1 is 0.968 bits per heavy atom. The van der Waals surface area contributed by atoms with Crippen molar-refractivity contribution in [3.05, 3.63) is 82.3 Å². The largest absolute Gasteiger partial charge is 0.457 e. The summed E-state index contributed by atoms with van der Waals surface area (Å²) in [6.45, 7) is 4.40. The van der Waals surface area contributed by atoms with Gasteiger partial charge in [0.05, 0.1) is 5.92 Å². The maximum absolute atomic E-state index is 12.8. The third kappa shape index (κ3) is 5.14. The van der Waals surface area contributed by atoms with E-state index in [0.29, 0.717) is 18.0 Å². The zero-order chi connectivity index (χ0) is 22.0. The molecule has 1 atom stereocenters. The molecule has 0 spiro atoms. The highest BCUT2D eigenvalue weighted by molar-refractivity contribution is 9.10. The third-order valence-electron chi connectivity index (χ3n) is 5.19. The smallest absolute Gasteiger partial charge is 0.229 e. The zero-order valence-corrected chi connectivity index (χ0v) is 19.0. The zero-order valence-electron chi connectivity index (χ0n) is 17.4. The Labute approximate surface area is 190 Å². The molecule has 1 heterocycles. The molecule has 0 aliphatic carbocycles. The van der Waals surface area contributed by atoms with Crippen molar-refractivity contribution in [3.8, 4) is 11.5 Å². The van der Waals surface area contributed by atoms with E-state index < -0.39 is 0 Å². The maximum atomic E-state index is 12.8. The predicted molar refractivity (Wildman–Crippen MR) is 126 cm³/mol. The molecule has 3 aromatic rings. The molecule has 4 rings (SSSR count). The molecular formula is C25H23BrN2O3. The first kappa shape index (κ1) is 21.1. The number of carbonyl (C=O) groups excluding carboxylic acids is 2. The number of amides is 2. The van der Waals surface area contributed by atoms with Gasteiger partial charge in [-0.1, -0.05) is 22.0 Å². The van der Waals surface area contributed by atoms with E-state index in [9.17, 15) is 9.59 Å². The van der Waals surface area contributed by atoms with Gasteiger partial charge in [-0.3, -0.25) is 9.59 Å². The van der Waals surface area contributed by atoms with Gasteiger partial charge in [0, 0.05) is 28.8 Å². The first-order chi connectivity index (χ1) is 14.9. The van der Waals surface area contributed by atoms with Gasteiger partial charge in [-0.05, 0) is 85.6 Å². The van der Waals surface area contributed by atoms with Crippen LogP contribution in [0.25, 0.3) is 0 Å². The van der Waals surface area contributed by atoms with Crippen LogP contribution < -0.4 is 15.0 Å². The number of hydrogen-bond donors (Lipinski definition) is 1. The fraction of sp³-hybridized carbons (Fsp3) is 0.200. The van der Waals surface area contributed by atoms with Gasteiger partial charge >= 0.3 is 0 Å². The number of halogens is 1. The first-order valence-corrected chi connectivity index (χ1v) is 10.9. The van der Waals surface area contributed by atoms with E-state index in [1.54, 1.807) is 29.2 Å². The number of hydrogen-bond acceptors (Lipinski definition) is 3. The van der Waals surface area contributed by atoms with Crippen LogP contribution in [0.2, 0.25) is 0 Å². The SMILES string of the molecule is Cc1cc(C)cc(N2C[C@H](C(=O)Nc3ccc(Oc4ccc(Br)cc4)cc3)CC2=O)c1. The minimum Gasteiger partial charge on any atom is -0.457 e. The summed E-state index contributed by atoms with van der Waals surface area (Å²) >= 11 is 3.40.